The number of alkyl halides is 1. The lowest BCUT2D eigenvalue weighted by Gasteiger charge is -2.08. The van der Waals surface area contributed by atoms with Crippen molar-refractivity contribution in [3.63, 3.8) is 0 Å². The summed E-state index contributed by atoms with van der Waals surface area (Å²) in [6.45, 7) is 2.87. The lowest BCUT2D eigenvalue weighted by atomic mass is 10.2. The molecule has 0 aliphatic carbocycles. The normalized spacial score (nSPS) is 11.2. The fraction of sp³-hybridized carbons (Fsp3) is 0.188. The molecule has 0 amide bonds. The fourth-order valence-corrected chi connectivity index (χ4v) is 3.03. The van der Waals surface area contributed by atoms with E-state index in [1.165, 1.54) is 11.1 Å². The fourth-order valence-electron chi connectivity index (χ4n) is 2.38. The first kappa shape index (κ1) is 13.7. The monoisotopic (exact) mass is 348 g/mol. The maximum atomic E-state index is 6.05. The molecule has 0 atom stereocenters. The number of benzene rings is 2. The minimum absolute atomic E-state index is 0.418. The first-order valence-electron chi connectivity index (χ1n) is 6.43. The highest BCUT2D eigenvalue weighted by atomic mass is 79.9. The van der Waals surface area contributed by atoms with Crippen LogP contribution in [0.3, 0.4) is 0 Å². The number of fused-ring (bicyclic) bond motifs is 1. The first-order valence-corrected chi connectivity index (χ1v) is 7.76. The van der Waals surface area contributed by atoms with Crippen molar-refractivity contribution < 1.29 is 0 Å². The molecule has 0 radical (unpaired) electrons. The van der Waals surface area contributed by atoms with Gasteiger partial charge in [0.05, 0.1) is 16.9 Å². The lowest BCUT2D eigenvalue weighted by molar-refractivity contribution is 0.778. The van der Waals surface area contributed by atoms with Crippen LogP contribution in [-0.2, 0) is 12.4 Å². The highest BCUT2D eigenvalue weighted by molar-refractivity contribution is 9.10. The molecule has 0 saturated heterocycles. The second-order valence-electron chi connectivity index (χ2n) is 4.87. The van der Waals surface area contributed by atoms with Crippen molar-refractivity contribution in [3.05, 3.63) is 63.9 Å². The maximum absolute atomic E-state index is 6.05. The lowest BCUT2D eigenvalue weighted by Crippen LogP contribution is -2.03. The number of rotatable bonds is 3. The molecule has 20 heavy (non-hydrogen) atoms. The Hall–Kier alpha value is -1.32. The third-order valence-corrected chi connectivity index (χ3v) is 4.06. The number of nitrogens with zero attached hydrogens (tertiary/aromatic N) is 2. The Morgan fingerprint density at radius 2 is 2.05 bits per heavy atom. The van der Waals surface area contributed by atoms with E-state index in [9.17, 15) is 0 Å². The van der Waals surface area contributed by atoms with Gasteiger partial charge in [0.25, 0.3) is 0 Å². The van der Waals surface area contributed by atoms with Crippen LogP contribution in [-0.4, -0.2) is 9.55 Å². The average Bonchev–Trinajstić information content (AvgIpc) is 2.76. The molecule has 2 nitrogen and oxygen atoms in total. The van der Waals surface area contributed by atoms with E-state index < -0.39 is 0 Å². The predicted octanol–water partition coefficient (Wildman–Crippen LogP) is 4.89. The van der Waals surface area contributed by atoms with E-state index in [4.69, 9.17) is 11.6 Å². The SMILES string of the molecule is Cc1ccc2nc(CCl)n(Cc3cccc(Br)c3)c2c1. The number of aryl methyl sites for hydroxylation is 1. The van der Waals surface area contributed by atoms with Crippen LogP contribution >= 0.6 is 27.5 Å². The van der Waals surface area contributed by atoms with Crippen LogP contribution in [0.5, 0.6) is 0 Å². The molecular weight excluding hydrogens is 336 g/mol. The molecule has 0 N–H and O–H groups in total. The van der Waals surface area contributed by atoms with Crippen LogP contribution in [0.1, 0.15) is 17.0 Å². The zero-order chi connectivity index (χ0) is 14.1. The van der Waals surface area contributed by atoms with Crippen molar-refractivity contribution in [3.8, 4) is 0 Å². The van der Waals surface area contributed by atoms with Crippen molar-refractivity contribution in [2.75, 3.05) is 0 Å². The van der Waals surface area contributed by atoms with Gasteiger partial charge >= 0.3 is 0 Å². The standard InChI is InChI=1S/C16H14BrClN2/c1-11-5-6-14-15(7-11)20(16(9-18)19-14)10-12-3-2-4-13(17)8-12/h2-8H,9-10H2,1H3. The second kappa shape index (κ2) is 5.58. The Balaban J connectivity index is 2.11. The van der Waals surface area contributed by atoms with Gasteiger partial charge in [-0.3, -0.25) is 0 Å². The summed E-state index contributed by atoms with van der Waals surface area (Å²) in [5.74, 6) is 1.33. The van der Waals surface area contributed by atoms with Gasteiger partial charge in [-0.1, -0.05) is 34.1 Å². The highest BCUT2D eigenvalue weighted by Gasteiger charge is 2.10. The second-order valence-corrected chi connectivity index (χ2v) is 6.05. The zero-order valence-electron chi connectivity index (χ0n) is 11.1. The van der Waals surface area contributed by atoms with Gasteiger partial charge in [0.15, 0.2) is 0 Å². The van der Waals surface area contributed by atoms with Gasteiger partial charge < -0.3 is 4.57 Å². The highest BCUT2D eigenvalue weighted by Crippen LogP contribution is 2.21. The zero-order valence-corrected chi connectivity index (χ0v) is 13.4. The van der Waals surface area contributed by atoms with Crippen molar-refractivity contribution >= 4 is 38.6 Å². The van der Waals surface area contributed by atoms with Crippen LogP contribution in [0, 0.1) is 6.92 Å². The van der Waals surface area contributed by atoms with E-state index in [0.717, 1.165) is 27.9 Å². The van der Waals surface area contributed by atoms with Gasteiger partial charge in [-0.2, -0.15) is 0 Å². The van der Waals surface area contributed by atoms with Crippen LogP contribution < -0.4 is 0 Å². The van der Waals surface area contributed by atoms with Crippen molar-refractivity contribution in [2.45, 2.75) is 19.3 Å². The number of halogens is 2. The molecule has 4 heteroatoms. The van der Waals surface area contributed by atoms with Crippen molar-refractivity contribution in [1.82, 2.24) is 9.55 Å². The van der Waals surface area contributed by atoms with E-state index in [1.54, 1.807) is 0 Å². The molecule has 3 rings (SSSR count). The number of hydrogen-bond acceptors (Lipinski definition) is 1. The van der Waals surface area contributed by atoms with E-state index in [1.807, 2.05) is 12.1 Å². The molecule has 1 aromatic heterocycles. The molecule has 2 aromatic carbocycles. The van der Waals surface area contributed by atoms with E-state index in [0.29, 0.717) is 5.88 Å². The average molecular weight is 350 g/mol. The Morgan fingerprint density at radius 3 is 2.80 bits per heavy atom. The molecule has 1 heterocycles. The summed E-state index contributed by atoms with van der Waals surface area (Å²) in [4.78, 5) is 4.61. The molecule has 0 unspecified atom stereocenters. The third kappa shape index (κ3) is 2.60. The topological polar surface area (TPSA) is 17.8 Å². The van der Waals surface area contributed by atoms with Crippen molar-refractivity contribution in [1.29, 1.82) is 0 Å². The minimum Gasteiger partial charge on any atom is -0.322 e. The third-order valence-electron chi connectivity index (χ3n) is 3.33. The van der Waals surface area contributed by atoms with E-state index >= 15 is 0 Å². The van der Waals surface area contributed by atoms with Gasteiger partial charge in [0.2, 0.25) is 0 Å². The summed E-state index contributed by atoms with van der Waals surface area (Å²) in [7, 11) is 0. The Morgan fingerprint density at radius 1 is 1.20 bits per heavy atom. The predicted molar refractivity (Wildman–Crippen MR) is 87.3 cm³/mol. The molecule has 0 aliphatic rings. The van der Waals surface area contributed by atoms with Gasteiger partial charge in [0, 0.05) is 11.0 Å². The molecular formula is C16H14BrClN2. The summed E-state index contributed by atoms with van der Waals surface area (Å²) in [6.07, 6.45) is 0. The Bertz CT molecular complexity index is 764. The van der Waals surface area contributed by atoms with Crippen molar-refractivity contribution in [2.24, 2.45) is 0 Å². The first-order chi connectivity index (χ1) is 9.67. The number of imidazole rings is 1. The van der Waals surface area contributed by atoms with Gasteiger partial charge in [-0.25, -0.2) is 4.98 Å². The van der Waals surface area contributed by atoms with E-state index in [-0.39, 0.29) is 0 Å². The molecule has 0 bridgehead atoms. The molecule has 0 fully saturated rings. The molecule has 0 saturated carbocycles. The molecule has 102 valence electrons. The van der Waals surface area contributed by atoms with Crippen LogP contribution in [0.4, 0.5) is 0 Å². The van der Waals surface area contributed by atoms with E-state index in [2.05, 4.69) is 62.7 Å². The minimum atomic E-state index is 0.418. The van der Waals surface area contributed by atoms with Crippen LogP contribution in [0.25, 0.3) is 11.0 Å². The quantitative estimate of drug-likeness (QED) is 0.615. The number of aromatic nitrogens is 2. The summed E-state index contributed by atoms with van der Waals surface area (Å²) in [6, 6.07) is 14.6. The van der Waals surface area contributed by atoms with Gasteiger partial charge in [-0.05, 0) is 42.3 Å². The summed E-state index contributed by atoms with van der Waals surface area (Å²) in [5, 5.41) is 0. The molecule has 3 aromatic rings. The van der Waals surface area contributed by atoms with Gasteiger partial charge in [-0.15, -0.1) is 11.6 Å². The Kier molecular flexibility index (Phi) is 3.81. The number of hydrogen-bond donors (Lipinski definition) is 0. The Labute approximate surface area is 131 Å². The summed E-state index contributed by atoms with van der Waals surface area (Å²) in [5.41, 5.74) is 4.60. The summed E-state index contributed by atoms with van der Waals surface area (Å²) >= 11 is 9.56. The molecule has 0 spiro atoms. The maximum Gasteiger partial charge on any atom is 0.125 e. The smallest absolute Gasteiger partial charge is 0.125 e. The van der Waals surface area contributed by atoms with Crippen LogP contribution in [0.2, 0.25) is 0 Å². The van der Waals surface area contributed by atoms with Gasteiger partial charge in [0.1, 0.15) is 5.82 Å². The summed E-state index contributed by atoms with van der Waals surface area (Å²) < 4.78 is 3.28. The largest absolute Gasteiger partial charge is 0.322 e. The van der Waals surface area contributed by atoms with Crippen LogP contribution in [0.15, 0.2) is 46.9 Å². The molecule has 0 aliphatic heterocycles.